The highest BCUT2D eigenvalue weighted by molar-refractivity contribution is 5.95. The standard InChI is InChI=1S/C17H20N2O2/c1-17(2)13-6-3-12(15(17)9-13)10-18-19-16(21)11-4-7-14(20)8-5-11/h3-5,7-8,10,13,15,20H,6,9H2,1-2H3,(H,19,21)/b18-10-/t13-,15-/m1/s1. The minimum atomic E-state index is -0.270. The van der Waals surface area contributed by atoms with Gasteiger partial charge in [0.25, 0.3) is 5.91 Å². The molecule has 0 spiro atoms. The maximum atomic E-state index is 11.9. The molecule has 4 nitrogen and oxygen atoms in total. The summed E-state index contributed by atoms with van der Waals surface area (Å²) in [7, 11) is 0. The highest BCUT2D eigenvalue weighted by Gasteiger charge is 2.50. The van der Waals surface area contributed by atoms with Gasteiger partial charge in [-0.1, -0.05) is 19.9 Å². The van der Waals surface area contributed by atoms with E-state index in [2.05, 4.69) is 30.5 Å². The number of carbonyl (C=O) groups is 1. The quantitative estimate of drug-likeness (QED) is 0.662. The van der Waals surface area contributed by atoms with Crippen LogP contribution in [0.5, 0.6) is 5.75 Å². The summed E-state index contributed by atoms with van der Waals surface area (Å²) in [6.07, 6.45) is 6.36. The summed E-state index contributed by atoms with van der Waals surface area (Å²) in [5.41, 5.74) is 4.61. The Balaban J connectivity index is 1.61. The third-order valence-electron chi connectivity index (χ3n) is 5.02. The summed E-state index contributed by atoms with van der Waals surface area (Å²) in [5.74, 6) is 1.23. The Labute approximate surface area is 124 Å². The first kappa shape index (κ1) is 13.9. The molecule has 3 aliphatic carbocycles. The van der Waals surface area contributed by atoms with Crippen LogP contribution in [0, 0.1) is 17.3 Å². The van der Waals surface area contributed by atoms with E-state index in [4.69, 9.17) is 0 Å². The summed E-state index contributed by atoms with van der Waals surface area (Å²) in [6.45, 7) is 4.61. The largest absolute Gasteiger partial charge is 0.508 e. The van der Waals surface area contributed by atoms with Crippen LogP contribution < -0.4 is 5.43 Å². The Hall–Kier alpha value is -2.10. The van der Waals surface area contributed by atoms with Gasteiger partial charge in [0.1, 0.15) is 5.75 Å². The van der Waals surface area contributed by atoms with Crippen molar-refractivity contribution in [1.82, 2.24) is 5.43 Å². The Kier molecular flexibility index (Phi) is 3.32. The highest BCUT2D eigenvalue weighted by atomic mass is 16.3. The van der Waals surface area contributed by atoms with Gasteiger partial charge in [0.05, 0.1) is 6.21 Å². The lowest BCUT2D eigenvalue weighted by atomic mass is 9.49. The van der Waals surface area contributed by atoms with Crippen LogP contribution in [0.1, 0.15) is 37.0 Å². The van der Waals surface area contributed by atoms with Gasteiger partial charge in [-0.3, -0.25) is 4.79 Å². The first-order valence-corrected chi connectivity index (χ1v) is 7.31. The molecule has 1 amide bonds. The number of benzene rings is 1. The minimum absolute atomic E-state index is 0.143. The second-order valence-electron chi connectivity index (χ2n) is 6.49. The van der Waals surface area contributed by atoms with Crippen LogP contribution >= 0.6 is 0 Å². The SMILES string of the molecule is CC1(C)[C@@H]2CC=C(/C=N\NC(=O)c3ccc(O)cc3)[C@H]1C2. The fraction of sp³-hybridized carbons (Fsp3) is 0.412. The number of allylic oxidation sites excluding steroid dienone is 2. The molecule has 0 heterocycles. The number of amides is 1. The lowest BCUT2D eigenvalue weighted by molar-refractivity contribution is -0.00126. The van der Waals surface area contributed by atoms with Gasteiger partial charge in [0.2, 0.25) is 0 Å². The average Bonchev–Trinajstić information content (AvgIpc) is 2.47. The predicted molar refractivity (Wildman–Crippen MR) is 82.1 cm³/mol. The lowest BCUT2D eigenvalue weighted by Gasteiger charge is -2.55. The molecule has 1 fully saturated rings. The summed E-state index contributed by atoms with van der Waals surface area (Å²) in [4.78, 5) is 11.9. The molecule has 1 aromatic carbocycles. The summed E-state index contributed by atoms with van der Waals surface area (Å²) >= 11 is 0. The zero-order valence-corrected chi connectivity index (χ0v) is 12.3. The molecule has 2 bridgehead atoms. The van der Waals surface area contributed by atoms with Crippen molar-refractivity contribution in [2.75, 3.05) is 0 Å². The molecule has 4 rings (SSSR count). The van der Waals surface area contributed by atoms with E-state index < -0.39 is 0 Å². The van der Waals surface area contributed by atoms with Gasteiger partial charge in [0.15, 0.2) is 0 Å². The molecular weight excluding hydrogens is 264 g/mol. The normalized spacial score (nSPS) is 26.1. The number of phenols is 1. The summed E-state index contributed by atoms with van der Waals surface area (Å²) in [5, 5.41) is 13.3. The first-order chi connectivity index (χ1) is 9.98. The second kappa shape index (κ2) is 5.02. The first-order valence-electron chi connectivity index (χ1n) is 7.31. The van der Waals surface area contributed by atoms with Crippen LogP contribution in [0.3, 0.4) is 0 Å². The minimum Gasteiger partial charge on any atom is -0.508 e. The van der Waals surface area contributed by atoms with Crippen molar-refractivity contribution in [1.29, 1.82) is 0 Å². The molecule has 1 saturated carbocycles. The van der Waals surface area contributed by atoms with Gasteiger partial charge >= 0.3 is 0 Å². The number of rotatable bonds is 3. The van der Waals surface area contributed by atoms with Crippen LogP contribution in [-0.4, -0.2) is 17.2 Å². The predicted octanol–water partition coefficient (Wildman–Crippen LogP) is 3.10. The van der Waals surface area contributed by atoms with Gasteiger partial charge in [-0.25, -0.2) is 5.43 Å². The molecular formula is C17H20N2O2. The molecule has 2 atom stereocenters. The number of aromatic hydroxyl groups is 1. The number of hydrazone groups is 1. The molecule has 21 heavy (non-hydrogen) atoms. The molecule has 0 unspecified atom stereocenters. The number of hydrogen-bond donors (Lipinski definition) is 2. The van der Waals surface area contributed by atoms with Crippen molar-refractivity contribution in [2.45, 2.75) is 26.7 Å². The van der Waals surface area contributed by atoms with Gasteiger partial charge in [0, 0.05) is 5.56 Å². The Morgan fingerprint density at radius 2 is 2.10 bits per heavy atom. The molecule has 3 aliphatic rings. The van der Waals surface area contributed by atoms with Crippen molar-refractivity contribution in [2.24, 2.45) is 22.4 Å². The van der Waals surface area contributed by atoms with Crippen molar-refractivity contribution in [3.63, 3.8) is 0 Å². The number of nitrogens with zero attached hydrogens (tertiary/aromatic N) is 1. The van der Waals surface area contributed by atoms with E-state index in [1.54, 1.807) is 18.3 Å². The molecule has 2 N–H and O–H groups in total. The van der Waals surface area contributed by atoms with Gasteiger partial charge in [-0.05, 0) is 59.9 Å². The Bertz CT molecular complexity index is 614. The van der Waals surface area contributed by atoms with Gasteiger partial charge < -0.3 is 5.11 Å². The summed E-state index contributed by atoms with van der Waals surface area (Å²) < 4.78 is 0. The van der Waals surface area contributed by atoms with E-state index >= 15 is 0 Å². The number of carbonyl (C=O) groups excluding carboxylic acids is 1. The van der Waals surface area contributed by atoms with Crippen molar-refractivity contribution < 1.29 is 9.90 Å². The van der Waals surface area contributed by atoms with E-state index in [9.17, 15) is 9.90 Å². The van der Waals surface area contributed by atoms with Gasteiger partial charge in [-0.15, -0.1) is 0 Å². The van der Waals surface area contributed by atoms with Crippen molar-refractivity contribution in [3.05, 3.63) is 41.5 Å². The molecule has 0 radical (unpaired) electrons. The smallest absolute Gasteiger partial charge is 0.271 e. The van der Waals surface area contributed by atoms with E-state index in [0.29, 0.717) is 16.9 Å². The molecule has 0 saturated heterocycles. The van der Waals surface area contributed by atoms with E-state index in [1.165, 1.54) is 24.1 Å². The number of nitrogens with one attached hydrogen (secondary N) is 1. The monoisotopic (exact) mass is 284 g/mol. The molecule has 1 aromatic rings. The Morgan fingerprint density at radius 1 is 1.38 bits per heavy atom. The van der Waals surface area contributed by atoms with Crippen LogP contribution in [0.2, 0.25) is 0 Å². The van der Waals surface area contributed by atoms with Crippen LogP contribution in [0.15, 0.2) is 41.0 Å². The topological polar surface area (TPSA) is 61.7 Å². The van der Waals surface area contributed by atoms with E-state index in [1.807, 2.05) is 0 Å². The van der Waals surface area contributed by atoms with E-state index in [-0.39, 0.29) is 11.7 Å². The Morgan fingerprint density at radius 3 is 2.71 bits per heavy atom. The zero-order valence-electron chi connectivity index (χ0n) is 12.3. The second-order valence-corrected chi connectivity index (χ2v) is 6.49. The summed E-state index contributed by atoms with van der Waals surface area (Å²) in [6, 6.07) is 6.11. The number of hydrogen-bond acceptors (Lipinski definition) is 3. The van der Waals surface area contributed by atoms with Crippen LogP contribution in [0.25, 0.3) is 0 Å². The fourth-order valence-corrected chi connectivity index (χ4v) is 3.39. The van der Waals surface area contributed by atoms with Crippen molar-refractivity contribution >= 4 is 12.1 Å². The van der Waals surface area contributed by atoms with Crippen molar-refractivity contribution in [3.8, 4) is 5.75 Å². The molecule has 0 aromatic heterocycles. The zero-order chi connectivity index (χ0) is 15.0. The average molecular weight is 284 g/mol. The maximum Gasteiger partial charge on any atom is 0.271 e. The fourth-order valence-electron chi connectivity index (χ4n) is 3.39. The number of fused-ring (bicyclic) bond motifs is 1. The van der Waals surface area contributed by atoms with Crippen LogP contribution in [-0.2, 0) is 0 Å². The van der Waals surface area contributed by atoms with Crippen LogP contribution in [0.4, 0.5) is 0 Å². The lowest BCUT2D eigenvalue weighted by Crippen LogP contribution is -2.48. The molecule has 110 valence electrons. The van der Waals surface area contributed by atoms with E-state index in [0.717, 1.165) is 12.3 Å². The molecule has 4 heteroatoms. The van der Waals surface area contributed by atoms with Gasteiger partial charge in [-0.2, -0.15) is 5.10 Å². The number of phenolic OH excluding ortho intramolecular Hbond substituents is 1. The molecule has 0 aliphatic heterocycles. The maximum absolute atomic E-state index is 11.9. The highest BCUT2D eigenvalue weighted by Crippen LogP contribution is 2.58. The third kappa shape index (κ3) is 2.46. The third-order valence-corrected chi connectivity index (χ3v) is 5.02.